The van der Waals surface area contributed by atoms with Gasteiger partial charge in [0.1, 0.15) is 23.8 Å². The van der Waals surface area contributed by atoms with Crippen LogP contribution < -0.4 is 4.74 Å². The topological polar surface area (TPSA) is 85.0 Å². The lowest BCUT2D eigenvalue weighted by molar-refractivity contribution is 0.150. The van der Waals surface area contributed by atoms with Gasteiger partial charge in [-0.25, -0.2) is 9.78 Å². The van der Waals surface area contributed by atoms with E-state index < -0.39 is 6.09 Å². The van der Waals surface area contributed by atoms with Crippen LogP contribution in [0.5, 0.6) is 5.75 Å². The molecule has 0 aliphatic carbocycles. The molecule has 1 aliphatic heterocycles. The Hall–Kier alpha value is -2.54. The van der Waals surface area contributed by atoms with E-state index in [9.17, 15) is 9.90 Å². The van der Waals surface area contributed by atoms with Crippen LogP contribution in [-0.4, -0.2) is 47.4 Å². The number of nitrogens with zero attached hydrogens (tertiary/aromatic N) is 2. The van der Waals surface area contributed by atoms with Crippen molar-refractivity contribution in [3.05, 3.63) is 35.7 Å². The number of aryl methyl sites for hydroxylation is 1. The van der Waals surface area contributed by atoms with Gasteiger partial charge in [0.05, 0.1) is 26.3 Å². The van der Waals surface area contributed by atoms with Crippen molar-refractivity contribution in [3.63, 3.8) is 0 Å². The number of methoxy groups -OCH3 is 1. The second-order valence-electron chi connectivity index (χ2n) is 5.29. The molecule has 7 nitrogen and oxygen atoms in total. The van der Waals surface area contributed by atoms with Gasteiger partial charge in [0.2, 0.25) is 5.89 Å². The van der Waals surface area contributed by atoms with E-state index in [2.05, 4.69) is 4.98 Å². The van der Waals surface area contributed by atoms with Crippen LogP contribution in [0.1, 0.15) is 11.5 Å². The lowest BCUT2D eigenvalue weighted by Gasteiger charge is -2.18. The Morgan fingerprint density at radius 3 is 2.78 bits per heavy atom. The summed E-state index contributed by atoms with van der Waals surface area (Å²) in [7, 11) is 1.61. The Bertz CT molecular complexity index is 695. The molecule has 0 saturated carbocycles. The zero-order chi connectivity index (χ0) is 16.4. The Labute approximate surface area is 133 Å². The summed E-state index contributed by atoms with van der Waals surface area (Å²) in [6.07, 6.45) is -0.447. The van der Waals surface area contributed by atoms with Crippen molar-refractivity contribution < 1.29 is 23.8 Å². The third-order valence-electron chi connectivity index (χ3n) is 3.83. The van der Waals surface area contributed by atoms with E-state index in [1.807, 2.05) is 24.3 Å². The number of aromatic nitrogens is 1. The average molecular weight is 318 g/mol. The molecule has 122 valence electrons. The smallest absolute Gasteiger partial charge is 0.410 e. The Morgan fingerprint density at radius 1 is 1.39 bits per heavy atom. The number of carbonyl (C=O) groups is 1. The first kappa shape index (κ1) is 15.4. The number of oxazole rings is 1. The molecule has 23 heavy (non-hydrogen) atoms. The van der Waals surface area contributed by atoms with Crippen LogP contribution in [0.2, 0.25) is 0 Å². The van der Waals surface area contributed by atoms with Crippen LogP contribution >= 0.6 is 0 Å². The number of benzene rings is 1. The summed E-state index contributed by atoms with van der Waals surface area (Å²) in [5.74, 6) is 1.86. The third kappa shape index (κ3) is 3.00. The molecule has 3 rings (SSSR count). The molecule has 0 bridgehead atoms. The van der Waals surface area contributed by atoms with Gasteiger partial charge in [0.15, 0.2) is 0 Å². The van der Waals surface area contributed by atoms with Crippen LogP contribution in [0.3, 0.4) is 0 Å². The summed E-state index contributed by atoms with van der Waals surface area (Å²) in [6.45, 7) is 2.09. The first-order chi connectivity index (χ1) is 11.1. The summed E-state index contributed by atoms with van der Waals surface area (Å²) in [4.78, 5) is 17.7. The second-order valence-corrected chi connectivity index (χ2v) is 5.29. The van der Waals surface area contributed by atoms with E-state index in [1.165, 1.54) is 4.90 Å². The van der Waals surface area contributed by atoms with Crippen molar-refractivity contribution in [3.8, 4) is 17.2 Å². The molecule has 0 spiro atoms. The largest absolute Gasteiger partial charge is 0.497 e. The summed E-state index contributed by atoms with van der Waals surface area (Å²) < 4.78 is 15.8. The highest BCUT2D eigenvalue weighted by Gasteiger charge is 2.33. The summed E-state index contributed by atoms with van der Waals surface area (Å²) in [6, 6.07) is 7.02. The van der Waals surface area contributed by atoms with Gasteiger partial charge in [-0.2, -0.15) is 0 Å². The minimum absolute atomic E-state index is 0.145. The molecule has 1 atom stereocenters. The summed E-state index contributed by atoms with van der Waals surface area (Å²) in [5, 5.41) is 9.30. The minimum Gasteiger partial charge on any atom is -0.497 e. The molecule has 2 heterocycles. The molecular weight excluding hydrogens is 300 g/mol. The van der Waals surface area contributed by atoms with Gasteiger partial charge in [0, 0.05) is 5.56 Å². The molecule has 7 heteroatoms. The van der Waals surface area contributed by atoms with Gasteiger partial charge in [-0.05, 0) is 31.2 Å². The summed E-state index contributed by atoms with van der Waals surface area (Å²) in [5.41, 5.74) is 1.47. The Morgan fingerprint density at radius 2 is 2.13 bits per heavy atom. The van der Waals surface area contributed by atoms with Gasteiger partial charge < -0.3 is 19.0 Å². The quantitative estimate of drug-likeness (QED) is 0.907. The van der Waals surface area contributed by atoms with E-state index in [-0.39, 0.29) is 25.8 Å². The van der Waals surface area contributed by atoms with Crippen LogP contribution in [0.4, 0.5) is 4.79 Å². The monoisotopic (exact) mass is 318 g/mol. The third-order valence-corrected chi connectivity index (χ3v) is 3.83. The molecule has 1 fully saturated rings. The lowest BCUT2D eigenvalue weighted by atomic mass is 10.2. The van der Waals surface area contributed by atoms with E-state index in [1.54, 1.807) is 14.0 Å². The molecule has 1 aromatic heterocycles. The van der Waals surface area contributed by atoms with Gasteiger partial charge in [-0.1, -0.05) is 0 Å². The minimum atomic E-state index is -0.447. The number of amides is 1. The number of aliphatic hydroxyl groups excluding tert-OH is 1. The molecule has 0 unspecified atom stereocenters. The van der Waals surface area contributed by atoms with Crippen LogP contribution in [0.15, 0.2) is 28.7 Å². The van der Waals surface area contributed by atoms with Crippen LogP contribution in [-0.2, 0) is 11.3 Å². The summed E-state index contributed by atoms with van der Waals surface area (Å²) >= 11 is 0. The van der Waals surface area contributed by atoms with Crippen molar-refractivity contribution >= 4 is 6.09 Å². The maximum absolute atomic E-state index is 11.7. The highest BCUT2D eigenvalue weighted by molar-refractivity contribution is 5.70. The van der Waals surface area contributed by atoms with Crippen molar-refractivity contribution in [2.75, 3.05) is 20.3 Å². The molecule has 1 saturated heterocycles. The van der Waals surface area contributed by atoms with Crippen molar-refractivity contribution in [2.45, 2.75) is 19.5 Å². The molecule has 1 aliphatic rings. The fourth-order valence-corrected chi connectivity index (χ4v) is 2.43. The zero-order valence-electron chi connectivity index (χ0n) is 13.0. The molecule has 1 aromatic carbocycles. The van der Waals surface area contributed by atoms with Crippen molar-refractivity contribution in [1.29, 1.82) is 0 Å². The number of aliphatic hydroxyl groups is 1. The van der Waals surface area contributed by atoms with Crippen LogP contribution in [0, 0.1) is 6.92 Å². The number of carbonyl (C=O) groups excluding carboxylic acids is 1. The van der Waals surface area contributed by atoms with E-state index in [0.717, 1.165) is 11.3 Å². The predicted molar refractivity (Wildman–Crippen MR) is 81.0 cm³/mol. The normalized spacial score (nSPS) is 17.4. The second kappa shape index (κ2) is 6.29. The standard InChI is InChI=1S/C16H18N2O5/c1-10-14(7-18-12(8-19)9-22-16(18)20)17-15(23-10)11-3-5-13(21-2)6-4-11/h3-6,12,19H,7-9H2,1-2H3/t12-/m0/s1. The highest BCUT2D eigenvalue weighted by Crippen LogP contribution is 2.25. The molecular formula is C16H18N2O5. The SMILES string of the molecule is COc1ccc(-c2nc(CN3C(=O)OC[C@@H]3CO)c(C)o2)cc1. The highest BCUT2D eigenvalue weighted by atomic mass is 16.6. The predicted octanol–water partition coefficient (Wildman–Crippen LogP) is 1.97. The first-order valence-corrected chi connectivity index (χ1v) is 7.27. The average Bonchev–Trinajstić information content (AvgIpc) is 3.11. The zero-order valence-corrected chi connectivity index (χ0v) is 13.0. The van der Waals surface area contributed by atoms with Crippen molar-refractivity contribution in [1.82, 2.24) is 9.88 Å². The first-order valence-electron chi connectivity index (χ1n) is 7.27. The fourth-order valence-electron chi connectivity index (χ4n) is 2.43. The van der Waals surface area contributed by atoms with Crippen LogP contribution in [0.25, 0.3) is 11.5 Å². The Kier molecular flexibility index (Phi) is 4.20. The molecule has 1 amide bonds. The maximum Gasteiger partial charge on any atom is 0.410 e. The number of hydrogen-bond donors (Lipinski definition) is 1. The van der Waals surface area contributed by atoms with Gasteiger partial charge >= 0.3 is 6.09 Å². The van der Waals surface area contributed by atoms with E-state index in [0.29, 0.717) is 17.3 Å². The fraction of sp³-hybridized carbons (Fsp3) is 0.375. The van der Waals surface area contributed by atoms with Crippen molar-refractivity contribution in [2.24, 2.45) is 0 Å². The number of hydrogen-bond acceptors (Lipinski definition) is 6. The van der Waals surface area contributed by atoms with Gasteiger partial charge in [0.25, 0.3) is 0 Å². The van der Waals surface area contributed by atoms with E-state index >= 15 is 0 Å². The lowest BCUT2D eigenvalue weighted by Crippen LogP contribution is -2.35. The molecule has 0 radical (unpaired) electrons. The Balaban J connectivity index is 1.81. The van der Waals surface area contributed by atoms with Gasteiger partial charge in [-0.15, -0.1) is 0 Å². The molecule has 2 aromatic rings. The number of rotatable bonds is 5. The maximum atomic E-state index is 11.7. The van der Waals surface area contributed by atoms with E-state index in [4.69, 9.17) is 13.9 Å². The van der Waals surface area contributed by atoms with Gasteiger partial charge in [-0.3, -0.25) is 4.90 Å². The molecule has 1 N–H and O–H groups in total. The number of cyclic esters (lactones) is 1. The number of ether oxygens (including phenoxy) is 2.